The number of nitrogens with one attached hydrogen (secondary N) is 1. The van der Waals surface area contributed by atoms with Crippen molar-refractivity contribution in [2.75, 3.05) is 6.61 Å². The molecule has 1 amide bonds. The van der Waals surface area contributed by atoms with Gasteiger partial charge in [-0.05, 0) is 42.8 Å². The predicted molar refractivity (Wildman–Crippen MR) is 93.3 cm³/mol. The van der Waals surface area contributed by atoms with E-state index in [4.69, 9.17) is 20.9 Å². The van der Waals surface area contributed by atoms with Crippen LogP contribution < -0.4 is 10.1 Å². The largest absolute Gasteiger partial charge is 0.484 e. The van der Waals surface area contributed by atoms with Crippen molar-refractivity contribution in [3.05, 3.63) is 65.0 Å². The summed E-state index contributed by atoms with van der Waals surface area (Å²) in [6.07, 6.45) is 0. The van der Waals surface area contributed by atoms with Crippen LogP contribution in [0.2, 0.25) is 5.02 Å². The summed E-state index contributed by atoms with van der Waals surface area (Å²) in [5.41, 5.74) is 1.76. The summed E-state index contributed by atoms with van der Waals surface area (Å²) in [6.45, 7) is 1.98. The zero-order valence-corrected chi connectivity index (χ0v) is 14.3. The fourth-order valence-corrected chi connectivity index (χ4v) is 2.26. The molecule has 0 aliphatic rings. The van der Waals surface area contributed by atoms with Crippen LogP contribution in [0.1, 0.15) is 11.5 Å². The number of hydrogen-bond donors (Lipinski definition) is 1. The molecule has 0 radical (unpaired) electrons. The number of carbonyl (C=O) groups is 1. The van der Waals surface area contributed by atoms with Crippen molar-refractivity contribution in [3.8, 4) is 17.1 Å². The van der Waals surface area contributed by atoms with Crippen LogP contribution >= 0.6 is 11.6 Å². The second-order valence-electron chi connectivity index (χ2n) is 5.35. The number of hydrogen-bond acceptors (Lipinski definition) is 5. The summed E-state index contributed by atoms with van der Waals surface area (Å²) in [6, 6.07) is 14.6. The third-order valence-electron chi connectivity index (χ3n) is 3.46. The van der Waals surface area contributed by atoms with E-state index in [0.29, 0.717) is 22.5 Å². The van der Waals surface area contributed by atoms with Crippen LogP contribution in [0, 0.1) is 6.92 Å². The van der Waals surface area contributed by atoms with E-state index in [1.165, 1.54) is 0 Å². The number of benzene rings is 2. The van der Waals surface area contributed by atoms with Gasteiger partial charge in [0.25, 0.3) is 5.91 Å². The number of amides is 1. The standard InChI is InChI=1S/C18H16ClN3O3/c1-12-4-2-3-5-15(12)24-11-16(23)20-10-17-21-18(22-25-17)13-6-8-14(19)9-7-13/h2-9H,10-11H2,1H3,(H,20,23). The average molecular weight is 358 g/mol. The Morgan fingerprint density at radius 3 is 2.72 bits per heavy atom. The monoisotopic (exact) mass is 357 g/mol. The fourth-order valence-electron chi connectivity index (χ4n) is 2.13. The summed E-state index contributed by atoms with van der Waals surface area (Å²) >= 11 is 5.85. The van der Waals surface area contributed by atoms with Crippen molar-refractivity contribution in [2.45, 2.75) is 13.5 Å². The van der Waals surface area contributed by atoms with Crippen molar-refractivity contribution in [1.82, 2.24) is 15.5 Å². The van der Waals surface area contributed by atoms with E-state index in [-0.39, 0.29) is 19.1 Å². The first kappa shape index (κ1) is 17.0. The van der Waals surface area contributed by atoms with Crippen LogP contribution in [0.3, 0.4) is 0 Å². The molecule has 0 atom stereocenters. The molecule has 0 bridgehead atoms. The molecule has 0 saturated carbocycles. The lowest BCUT2D eigenvalue weighted by molar-refractivity contribution is -0.123. The van der Waals surface area contributed by atoms with Crippen molar-refractivity contribution >= 4 is 17.5 Å². The van der Waals surface area contributed by atoms with Gasteiger partial charge < -0.3 is 14.6 Å². The Hall–Kier alpha value is -2.86. The van der Waals surface area contributed by atoms with Crippen molar-refractivity contribution in [3.63, 3.8) is 0 Å². The number of carbonyl (C=O) groups excluding carboxylic acids is 1. The first-order chi connectivity index (χ1) is 12.1. The van der Waals surface area contributed by atoms with Gasteiger partial charge in [0.15, 0.2) is 6.61 Å². The molecule has 0 saturated heterocycles. The van der Waals surface area contributed by atoms with Crippen LogP contribution in [0.5, 0.6) is 5.75 Å². The highest BCUT2D eigenvalue weighted by atomic mass is 35.5. The van der Waals surface area contributed by atoms with E-state index in [1.807, 2.05) is 31.2 Å². The lowest BCUT2D eigenvalue weighted by Crippen LogP contribution is -2.28. The van der Waals surface area contributed by atoms with Gasteiger partial charge in [0.05, 0.1) is 6.54 Å². The molecular formula is C18H16ClN3O3. The molecule has 3 aromatic rings. The molecule has 25 heavy (non-hydrogen) atoms. The smallest absolute Gasteiger partial charge is 0.258 e. The minimum absolute atomic E-state index is 0.0803. The normalized spacial score (nSPS) is 10.5. The minimum atomic E-state index is -0.269. The van der Waals surface area contributed by atoms with E-state index >= 15 is 0 Å². The Morgan fingerprint density at radius 1 is 1.20 bits per heavy atom. The third-order valence-corrected chi connectivity index (χ3v) is 3.71. The van der Waals surface area contributed by atoms with Crippen LogP contribution in [-0.4, -0.2) is 22.7 Å². The molecular weight excluding hydrogens is 342 g/mol. The number of ether oxygens (including phenoxy) is 1. The SMILES string of the molecule is Cc1ccccc1OCC(=O)NCc1nc(-c2ccc(Cl)cc2)no1. The minimum Gasteiger partial charge on any atom is -0.484 e. The predicted octanol–water partition coefficient (Wildman–Crippen LogP) is 3.39. The zero-order chi connectivity index (χ0) is 17.6. The molecule has 6 nitrogen and oxygen atoms in total. The van der Waals surface area contributed by atoms with Gasteiger partial charge in [0.1, 0.15) is 5.75 Å². The molecule has 2 aromatic carbocycles. The topological polar surface area (TPSA) is 77.2 Å². The lowest BCUT2D eigenvalue weighted by Gasteiger charge is -2.08. The van der Waals surface area contributed by atoms with E-state index in [0.717, 1.165) is 11.1 Å². The second kappa shape index (κ2) is 7.81. The van der Waals surface area contributed by atoms with Crippen LogP contribution in [0.25, 0.3) is 11.4 Å². The van der Waals surface area contributed by atoms with Gasteiger partial charge in [-0.15, -0.1) is 0 Å². The number of aromatic nitrogens is 2. The fraction of sp³-hybridized carbons (Fsp3) is 0.167. The molecule has 128 valence electrons. The Labute approximate surface area is 149 Å². The van der Waals surface area contributed by atoms with Crippen LogP contribution in [0.15, 0.2) is 53.1 Å². The van der Waals surface area contributed by atoms with Gasteiger partial charge in [-0.2, -0.15) is 4.98 Å². The maximum Gasteiger partial charge on any atom is 0.258 e. The highest BCUT2D eigenvalue weighted by Gasteiger charge is 2.10. The van der Waals surface area contributed by atoms with Crippen LogP contribution in [-0.2, 0) is 11.3 Å². The zero-order valence-electron chi connectivity index (χ0n) is 13.5. The molecule has 1 aromatic heterocycles. The number of halogens is 1. The van der Waals surface area contributed by atoms with Crippen molar-refractivity contribution < 1.29 is 14.1 Å². The molecule has 1 heterocycles. The first-order valence-electron chi connectivity index (χ1n) is 7.65. The Balaban J connectivity index is 1.51. The molecule has 7 heteroatoms. The Morgan fingerprint density at radius 2 is 1.96 bits per heavy atom. The maximum absolute atomic E-state index is 11.9. The van der Waals surface area contributed by atoms with Gasteiger partial charge in [0.2, 0.25) is 11.7 Å². The maximum atomic E-state index is 11.9. The summed E-state index contributed by atoms with van der Waals surface area (Å²) in [5.74, 6) is 1.17. The average Bonchev–Trinajstić information content (AvgIpc) is 3.09. The number of nitrogens with zero attached hydrogens (tertiary/aromatic N) is 2. The summed E-state index contributed by atoms with van der Waals surface area (Å²) in [4.78, 5) is 16.1. The molecule has 0 spiro atoms. The number of rotatable bonds is 6. The van der Waals surface area contributed by atoms with Gasteiger partial charge in [-0.1, -0.05) is 35.0 Å². The third kappa shape index (κ3) is 4.58. The van der Waals surface area contributed by atoms with Crippen molar-refractivity contribution in [1.29, 1.82) is 0 Å². The van der Waals surface area contributed by atoms with E-state index in [1.54, 1.807) is 24.3 Å². The molecule has 3 rings (SSSR count). The highest BCUT2D eigenvalue weighted by Crippen LogP contribution is 2.18. The molecule has 0 aliphatic heterocycles. The molecule has 0 unspecified atom stereocenters. The van der Waals surface area contributed by atoms with Crippen molar-refractivity contribution in [2.24, 2.45) is 0 Å². The summed E-state index contributed by atoms with van der Waals surface area (Å²) in [7, 11) is 0. The molecule has 1 N–H and O–H groups in total. The molecule has 0 fully saturated rings. The highest BCUT2D eigenvalue weighted by molar-refractivity contribution is 6.30. The van der Waals surface area contributed by atoms with Gasteiger partial charge in [-0.3, -0.25) is 4.79 Å². The molecule has 0 aliphatic carbocycles. The lowest BCUT2D eigenvalue weighted by atomic mass is 10.2. The Bertz CT molecular complexity index is 862. The van der Waals surface area contributed by atoms with Gasteiger partial charge in [0, 0.05) is 10.6 Å². The van der Waals surface area contributed by atoms with E-state index < -0.39 is 0 Å². The van der Waals surface area contributed by atoms with E-state index in [2.05, 4.69) is 15.5 Å². The summed E-state index contributed by atoms with van der Waals surface area (Å²) in [5, 5.41) is 7.20. The summed E-state index contributed by atoms with van der Waals surface area (Å²) < 4.78 is 10.6. The second-order valence-corrected chi connectivity index (χ2v) is 5.79. The van der Waals surface area contributed by atoms with Crippen LogP contribution in [0.4, 0.5) is 0 Å². The number of aryl methyl sites for hydroxylation is 1. The van der Waals surface area contributed by atoms with Gasteiger partial charge in [-0.25, -0.2) is 0 Å². The van der Waals surface area contributed by atoms with E-state index in [9.17, 15) is 4.79 Å². The Kier molecular flexibility index (Phi) is 5.30. The first-order valence-corrected chi connectivity index (χ1v) is 8.03. The quantitative estimate of drug-likeness (QED) is 0.731. The van der Waals surface area contributed by atoms with Gasteiger partial charge >= 0.3 is 0 Å². The number of para-hydroxylation sites is 1.